The molecule has 0 radical (unpaired) electrons. The molecule has 90 valence electrons. The van der Waals surface area contributed by atoms with Gasteiger partial charge in [0.1, 0.15) is 0 Å². The third kappa shape index (κ3) is 4.98. The maximum atomic E-state index is 8.93. The van der Waals surface area contributed by atoms with Gasteiger partial charge in [-0.15, -0.1) is 0 Å². The van der Waals surface area contributed by atoms with Crippen molar-refractivity contribution < 1.29 is 5.11 Å². The summed E-state index contributed by atoms with van der Waals surface area (Å²) in [4.78, 5) is 0. The van der Waals surface area contributed by atoms with Gasteiger partial charge in [0, 0.05) is 12.6 Å². The summed E-state index contributed by atoms with van der Waals surface area (Å²) in [6.45, 7) is 5.91. The van der Waals surface area contributed by atoms with E-state index in [1.54, 1.807) is 0 Å². The SMILES string of the molecule is CCCC(NCC(CC)CCO)C1CC1. The first-order chi connectivity index (χ1) is 7.31. The Balaban J connectivity index is 2.18. The number of aliphatic hydroxyl groups is 1. The minimum absolute atomic E-state index is 0.335. The van der Waals surface area contributed by atoms with E-state index in [4.69, 9.17) is 5.11 Å². The Bertz CT molecular complexity index is 157. The Hall–Kier alpha value is -0.0800. The fourth-order valence-corrected chi connectivity index (χ4v) is 2.27. The Morgan fingerprint density at radius 2 is 2.00 bits per heavy atom. The highest BCUT2D eigenvalue weighted by Gasteiger charge is 2.30. The molecule has 0 heterocycles. The zero-order valence-electron chi connectivity index (χ0n) is 10.3. The predicted molar refractivity (Wildman–Crippen MR) is 64.9 cm³/mol. The van der Waals surface area contributed by atoms with Gasteiger partial charge in [0.2, 0.25) is 0 Å². The van der Waals surface area contributed by atoms with Gasteiger partial charge >= 0.3 is 0 Å². The van der Waals surface area contributed by atoms with Crippen LogP contribution in [0.25, 0.3) is 0 Å². The average molecular weight is 213 g/mol. The van der Waals surface area contributed by atoms with Crippen molar-refractivity contribution in [3.05, 3.63) is 0 Å². The zero-order valence-corrected chi connectivity index (χ0v) is 10.3. The van der Waals surface area contributed by atoms with Gasteiger partial charge < -0.3 is 10.4 Å². The molecule has 0 aliphatic heterocycles. The van der Waals surface area contributed by atoms with E-state index < -0.39 is 0 Å². The van der Waals surface area contributed by atoms with Crippen LogP contribution in [0.2, 0.25) is 0 Å². The van der Waals surface area contributed by atoms with Crippen LogP contribution in [0, 0.1) is 11.8 Å². The van der Waals surface area contributed by atoms with Gasteiger partial charge in [0.25, 0.3) is 0 Å². The Morgan fingerprint density at radius 3 is 2.47 bits per heavy atom. The van der Waals surface area contributed by atoms with Crippen LogP contribution in [0.3, 0.4) is 0 Å². The molecular weight excluding hydrogens is 186 g/mol. The first kappa shape index (κ1) is 13.0. The number of hydrogen-bond acceptors (Lipinski definition) is 2. The van der Waals surface area contributed by atoms with Crippen LogP contribution in [0.15, 0.2) is 0 Å². The quantitative estimate of drug-likeness (QED) is 0.617. The third-order valence-corrected chi connectivity index (χ3v) is 3.57. The molecule has 2 heteroatoms. The third-order valence-electron chi connectivity index (χ3n) is 3.57. The van der Waals surface area contributed by atoms with Gasteiger partial charge in [-0.1, -0.05) is 26.7 Å². The van der Waals surface area contributed by atoms with Gasteiger partial charge in [-0.2, -0.15) is 0 Å². The molecule has 1 aliphatic rings. The van der Waals surface area contributed by atoms with Crippen molar-refractivity contribution in [3.8, 4) is 0 Å². The maximum Gasteiger partial charge on any atom is 0.0434 e. The average Bonchev–Trinajstić information content (AvgIpc) is 3.06. The highest BCUT2D eigenvalue weighted by Crippen LogP contribution is 2.34. The summed E-state index contributed by atoms with van der Waals surface area (Å²) in [6.07, 6.45) is 7.58. The van der Waals surface area contributed by atoms with Gasteiger partial charge in [-0.25, -0.2) is 0 Å². The van der Waals surface area contributed by atoms with E-state index >= 15 is 0 Å². The highest BCUT2D eigenvalue weighted by molar-refractivity contribution is 4.86. The summed E-state index contributed by atoms with van der Waals surface area (Å²) in [7, 11) is 0. The summed E-state index contributed by atoms with van der Waals surface area (Å²) in [5.41, 5.74) is 0. The second kappa shape index (κ2) is 7.24. The lowest BCUT2D eigenvalue weighted by molar-refractivity contribution is 0.246. The largest absolute Gasteiger partial charge is 0.396 e. The van der Waals surface area contributed by atoms with Crippen molar-refractivity contribution in [1.29, 1.82) is 0 Å². The van der Waals surface area contributed by atoms with E-state index in [0.717, 1.165) is 24.9 Å². The van der Waals surface area contributed by atoms with Gasteiger partial charge in [-0.05, 0) is 44.1 Å². The minimum Gasteiger partial charge on any atom is -0.396 e. The van der Waals surface area contributed by atoms with E-state index in [1.165, 1.54) is 32.1 Å². The maximum absolute atomic E-state index is 8.93. The normalized spacial score (nSPS) is 20.2. The molecule has 1 fully saturated rings. The van der Waals surface area contributed by atoms with E-state index in [-0.39, 0.29) is 0 Å². The second-order valence-corrected chi connectivity index (χ2v) is 4.93. The van der Waals surface area contributed by atoms with Crippen molar-refractivity contribution in [2.24, 2.45) is 11.8 Å². The lowest BCUT2D eigenvalue weighted by Crippen LogP contribution is -2.35. The molecule has 0 spiro atoms. The van der Waals surface area contributed by atoms with Crippen molar-refractivity contribution in [1.82, 2.24) is 5.32 Å². The van der Waals surface area contributed by atoms with Crippen LogP contribution in [0.5, 0.6) is 0 Å². The summed E-state index contributed by atoms with van der Waals surface area (Å²) < 4.78 is 0. The van der Waals surface area contributed by atoms with Crippen LogP contribution in [-0.4, -0.2) is 24.3 Å². The van der Waals surface area contributed by atoms with Crippen LogP contribution in [-0.2, 0) is 0 Å². The van der Waals surface area contributed by atoms with E-state index in [2.05, 4.69) is 19.2 Å². The molecule has 2 N–H and O–H groups in total. The number of nitrogens with one attached hydrogen (secondary N) is 1. The molecule has 2 unspecified atom stereocenters. The molecule has 1 saturated carbocycles. The zero-order chi connectivity index (χ0) is 11.1. The fraction of sp³-hybridized carbons (Fsp3) is 1.00. The van der Waals surface area contributed by atoms with Crippen molar-refractivity contribution in [3.63, 3.8) is 0 Å². The topological polar surface area (TPSA) is 32.3 Å². The lowest BCUT2D eigenvalue weighted by Gasteiger charge is -2.21. The number of rotatable bonds is 9. The summed E-state index contributed by atoms with van der Waals surface area (Å²) in [6, 6.07) is 0.753. The summed E-state index contributed by atoms with van der Waals surface area (Å²) in [5, 5.41) is 12.6. The number of aliphatic hydroxyl groups excluding tert-OH is 1. The molecule has 0 amide bonds. The molecule has 0 aromatic carbocycles. The summed E-state index contributed by atoms with van der Waals surface area (Å²) in [5.74, 6) is 1.62. The van der Waals surface area contributed by atoms with E-state index in [1.807, 2.05) is 0 Å². The molecule has 2 atom stereocenters. The standard InChI is InChI=1S/C13H27NO/c1-3-5-13(12-6-7-12)14-10-11(4-2)8-9-15/h11-15H,3-10H2,1-2H3. The molecule has 2 nitrogen and oxygen atoms in total. The second-order valence-electron chi connectivity index (χ2n) is 4.93. The number of hydrogen-bond donors (Lipinski definition) is 2. The first-order valence-electron chi connectivity index (χ1n) is 6.66. The van der Waals surface area contributed by atoms with E-state index in [9.17, 15) is 0 Å². The summed E-state index contributed by atoms with van der Waals surface area (Å²) >= 11 is 0. The Labute approximate surface area is 94.5 Å². The molecule has 0 aromatic rings. The highest BCUT2D eigenvalue weighted by atomic mass is 16.3. The Kier molecular flexibility index (Phi) is 6.26. The molecule has 1 aliphatic carbocycles. The van der Waals surface area contributed by atoms with Crippen LogP contribution >= 0.6 is 0 Å². The van der Waals surface area contributed by atoms with Crippen LogP contribution < -0.4 is 5.32 Å². The van der Waals surface area contributed by atoms with Crippen molar-refractivity contribution >= 4 is 0 Å². The molecule has 0 bridgehead atoms. The van der Waals surface area contributed by atoms with Gasteiger partial charge in [0.05, 0.1) is 0 Å². The van der Waals surface area contributed by atoms with Crippen LogP contribution in [0.1, 0.15) is 52.4 Å². The van der Waals surface area contributed by atoms with E-state index in [0.29, 0.717) is 12.5 Å². The first-order valence-corrected chi connectivity index (χ1v) is 6.66. The van der Waals surface area contributed by atoms with Crippen molar-refractivity contribution in [2.45, 2.75) is 58.4 Å². The predicted octanol–water partition coefficient (Wildman–Crippen LogP) is 2.56. The molecule has 0 saturated heterocycles. The van der Waals surface area contributed by atoms with Gasteiger partial charge in [-0.3, -0.25) is 0 Å². The smallest absolute Gasteiger partial charge is 0.0434 e. The fourth-order valence-electron chi connectivity index (χ4n) is 2.27. The van der Waals surface area contributed by atoms with Crippen molar-refractivity contribution in [2.75, 3.05) is 13.2 Å². The minimum atomic E-state index is 0.335. The van der Waals surface area contributed by atoms with Crippen LogP contribution in [0.4, 0.5) is 0 Å². The lowest BCUT2D eigenvalue weighted by atomic mass is 10.0. The molecule has 15 heavy (non-hydrogen) atoms. The monoisotopic (exact) mass is 213 g/mol. The Morgan fingerprint density at radius 1 is 1.27 bits per heavy atom. The van der Waals surface area contributed by atoms with Gasteiger partial charge in [0.15, 0.2) is 0 Å². The molecule has 1 rings (SSSR count). The molecular formula is C13H27NO. The molecule has 0 aromatic heterocycles.